The molecule has 0 aliphatic carbocycles. The number of amides is 2. The van der Waals surface area contributed by atoms with Crippen LogP contribution in [0.4, 0.5) is 10.3 Å². The van der Waals surface area contributed by atoms with Crippen molar-refractivity contribution in [2.75, 3.05) is 10.6 Å². The molecule has 0 unspecified atom stereocenters. The van der Waals surface area contributed by atoms with Crippen molar-refractivity contribution in [3.8, 4) is 0 Å². The van der Waals surface area contributed by atoms with Crippen molar-refractivity contribution in [1.82, 2.24) is 15.2 Å². The van der Waals surface area contributed by atoms with Gasteiger partial charge in [-0.15, -0.1) is 21.5 Å². The second-order valence-corrected chi connectivity index (χ2v) is 7.19. The number of aromatic nitrogens is 3. The van der Waals surface area contributed by atoms with Gasteiger partial charge in [-0.3, -0.25) is 14.9 Å². The van der Waals surface area contributed by atoms with E-state index in [9.17, 15) is 9.59 Å². The molecule has 2 amide bonds. The molecule has 9 heteroatoms. The monoisotopic (exact) mass is 373 g/mol. The minimum Gasteiger partial charge on any atom is -0.302 e. The lowest BCUT2D eigenvalue weighted by Gasteiger charge is -2.02. The Morgan fingerprint density at radius 1 is 1.08 bits per heavy atom. The Kier molecular flexibility index (Phi) is 5.46. The maximum absolute atomic E-state index is 12.1. The van der Waals surface area contributed by atoms with Gasteiger partial charge in [-0.05, 0) is 18.9 Å². The van der Waals surface area contributed by atoms with Crippen molar-refractivity contribution in [3.63, 3.8) is 0 Å². The van der Waals surface area contributed by atoms with Crippen molar-refractivity contribution in [2.24, 2.45) is 0 Å². The summed E-state index contributed by atoms with van der Waals surface area (Å²) in [4.78, 5) is 28.2. The van der Waals surface area contributed by atoms with Crippen molar-refractivity contribution in [3.05, 3.63) is 52.0 Å². The van der Waals surface area contributed by atoms with E-state index in [4.69, 9.17) is 0 Å². The van der Waals surface area contributed by atoms with Crippen LogP contribution in [-0.2, 0) is 11.2 Å². The van der Waals surface area contributed by atoms with Crippen LogP contribution in [0.5, 0.6) is 0 Å². The van der Waals surface area contributed by atoms with Gasteiger partial charge in [0.05, 0.1) is 0 Å². The summed E-state index contributed by atoms with van der Waals surface area (Å²) >= 11 is 2.49. The number of thiazole rings is 1. The van der Waals surface area contributed by atoms with Crippen LogP contribution in [0.3, 0.4) is 0 Å². The normalized spacial score (nSPS) is 10.4. The molecule has 128 valence electrons. The summed E-state index contributed by atoms with van der Waals surface area (Å²) in [5.41, 5.74) is 1.33. The van der Waals surface area contributed by atoms with Crippen molar-refractivity contribution in [1.29, 1.82) is 0 Å². The Bertz CT molecular complexity index is 876. The van der Waals surface area contributed by atoms with E-state index in [1.165, 1.54) is 22.7 Å². The minimum absolute atomic E-state index is 0.134. The molecule has 1 aromatic carbocycles. The van der Waals surface area contributed by atoms with Gasteiger partial charge in [0, 0.05) is 11.8 Å². The smallest absolute Gasteiger partial charge is 0.277 e. The van der Waals surface area contributed by atoms with Crippen LogP contribution in [0, 0.1) is 6.92 Å². The van der Waals surface area contributed by atoms with Crippen molar-refractivity contribution >= 4 is 44.8 Å². The summed E-state index contributed by atoms with van der Waals surface area (Å²) in [7, 11) is 0. The highest BCUT2D eigenvalue weighted by Gasteiger charge is 2.14. The first-order valence-electron chi connectivity index (χ1n) is 7.51. The van der Waals surface area contributed by atoms with Gasteiger partial charge >= 0.3 is 0 Å². The Morgan fingerprint density at radius 2 is 1.88 bits per heavy atom. The average molecular weight is 373 g/mol. The molecule has 25 heavy (non-hydrogen) atoms. The molecule has 0 spiro atoms. The number of carbonyl (C=O) groups excluding carboxylic acids is 2. The first-order chi connectivity index (χ1) is 12.1. The predicted octanol–water partition coefficient (Wildman–Crippen LogP) is 3.13. The second-order valence-electron chi connectivity index (χ2n) is 5.15. The third kappa shape index (κ3) is 4.91. The first-order valence-corrected chi connectivity index (χ1v) is 9.20. The van der Waals surface area contributed by atoms with Gasteiger partial charge in [0.1, 0.15) is 10.7 Å². The molecule has 0 saturated heterocycles. The van der Waals surface area contributed by atoms with Crippen LogP contribution < -0.4 is 10.6 Å². The summed E-state index contributed by atoms with van der Waals surface area (Å²) in [5, 5.41) is 16.2. The SMILES string of the molecule is Cc1nnc(NC(=O)c2csc(NC(=O)CCc3ccccc3)n2)s1. The van der Waals surface area contributed by atoms with Crippen molar-refractivity contribution in [2.45, 2.75) is 19.8 Å². The molecule has 7 nitrogen and oxygen atoms in total. The summed E-state index contributed by atoms with van der Waals surface area (Å²) < 4.78 is 0. The van der Waals surface area contributed by atoms with Gasteiger partial charge in [-0.1, -0.05) is 41.7 Å². The van der Waals surface area contributed by atoms with E-state index in [1.807, 2.05) is 30.3 Å². The minimum atomic E-state index is -0.378. The highest BCUT2D eigenvalue weighted by Crippen LogP contribution is 2.19. The molecule has 0 fully saturated rings. The molecule has 0 atom stereocenters. The molecule has 3 rings (SSSR count). The van der Waals surface area contributed by atoms with E-state index in [-0.39, 0.29) is 17.5 Å². The average Bonchev–Trinajstić information content (AvgIpc) is 3.23. The van der Waals surface area contributed by atoms with Gasteiger partial charge in [-0.25, -0.2) is 4.98 Å². The van der Waals surface area contributed by atoms with Gasteiger partial charge < -0.3 is 5.32 Å². The summed E-state index contributed by atoms with van der Waals surface area (Å²) in [5.74, 6) is -0.512. The number of anilines is 2. The molecule has 2 aromatic heterocycles. The van der Waals surface area contributed by atoms with Crippen LogP contribution in [-0.4, -0.2) is 27.0 Å². The van der Waals surface area contributed by atoms with E-state index in [0.29, 0.717) is 23.1 Å². The molecule has 0 aliphatic rings. The molecule has 2 N–H and O–H groups in total. The molecule has 0 bridgehead atoms. The highest BCUT2D eigenvalue weighted by molar-refractivity contribution is 7.15. The quantitative estimate of drug-likeness (QED) is 0.692. The Hall–Kier alpha value is -2.65. The van der Waals surface area contributed by atoms with E-state index < -0.39 is 0 Å². The van der Waals surface area contributed by atoms with E-state index in [1.54, 1.807) is 12.3 Å². The van der Waals surface area contributed by atoms with E-state index >= 15 is 0 Å². The largest absolute Gasteiger partial charge is 0.302 e. The fraction of sp³-hybridized carbons (Fsp3) is 0.188. The van der Waals surface area contributed by atoms with Gasteiger partial charge in [0.15, 0.2) is 5.13 Å². The predicted molar refractivity (Wildman–Crippen MR) is 98.1 cm³/mol. The molecule has 0 aliphatic heterocycles. The number of nitrogens with zero attached hydrogens (tertiary/aromatic N) is 3. The molecular weight excluding hydrogens is 358 g/mol. The van der Waals surface area contributed by atoms with Gasteiger partial charge in [-0.2, -0.15) is 0 Å². The zero-order valence-corrected chi connectivity index (χ0v) is 15.0. The zero-order valence-electron chi connectivity index (χ0n) is 13.4. The highest BCUT2D eigenvalue weighted by atomic mass is 32.1. The van der Waals surface area contributed by atoms with E-state index in [2.05, 4.69) is 25.8 Å². The third-order valence-corrected chi connectivity index (χ3v) is 4.73. The van der Waals surface area contributed by atoms with Crippen molar-refractivity contribution < 1.29 is 9.59 Å². The lowest BCUT2D eigenvalue weighted by molar-refractivity contribution is -0.116. The van der Waals surface area contributed by atoms with E-state index in [0.717, 1.165) is 10.6 Å². The van der Waals surface area contributed by atoms with Crippen LogP contribution in [0.15, 0.2) is 35.7 Å². The maximum atomic E-state index is 12.1. The second kappa shape index (κ2) is 7.95. The fourth-order valence-electron chi connectivity index (χ4n) is 2.03. The van der Waals surface area contributed by atoms with Gasteiger partial charge in [0.2, 0.25) is 11.0 Å². The van der Waals surface area contributed by atoms with Crippen LogP contribution in [0.2, 0.25) is 0 Å². The Balaban J connectivity index is 1.52. The number of carbonyl (C=O) groups is 2. The maximum Gasteiger partial charge on any atom is 0.277 e. The lowest BCUT2D eigenvalue weighted by Crippen LogP contribution is -2.14. The summed E-state index contributed by atoms with van der Waals surface area (Å²) in [6.07, 6.45) is 1.01. The van der Waals surface area contributed by atoms with Crippen LogP contribution in [0.1, 0.15) is 27.5 Å². The number of benzene rings is 1. The lowest BCUT2D eigenvalue weighted by atomic mass is 10.1. The molecular formula is C16H15N5O2S2. The Morgan fingerprint density at radius 3 is 2.60 bits per heavy atom. The third-order valence-electron chi connectivity index (χ3n) is 3.21. The zero-order chi connectivity index (χ0) is 17.6. The fourth-order valence-corrected chi connectivity index (χ4v) is 3.32. The standard InChI is InChI=1S/C16H15N5O2S2/c1-10-20-21-16(25-10)19-14(23)12-9-24-15(17-12)18-13(22)8-7-11-5-3-2-4-6-11/h2-6,9H,7-8H2,1H3,(H,17,18,22)(H,19,21,23). The van der Waals surface area contributed by atoms with Crippen LogP contribution in [0.25, 0.3) is 0 Å². The summed E-state index contributed by atoms with van der Waals surface area (Å²) in [6.45, 7) is 1.80. The number of rotatable bonds is 6. The van der Waals surface area contributed by atoms with Gasteiger partial charge in [0.25, 0.3) is 5.91 Å². The molecule has 0 radical (unpaired) electrons. The first kappa shape index (κ1) is 17.2. The molecule has 0 saturated carbocycles. The molecule has 2 heterocycles. The molecule has 3 aromatic rings. The summed E-state index contributed by atoms with van der Waals surface area (Å²) in [6, 6.07) is 9.79. The number of nitrogens with one attached hydrogen (secondary N) is 2. The topological polar surface area (TPSA) is 96.9 Å². The number of hydrogen-bond acceptors (Lipinski definition) is 7. The number of hydrogen-bond donors (Lipinski definition) is 2. The Labute approximate surface area is 152 Å². The van der Waals surface area contributed by atoms with Crippen LogP contribution >= 0.6 is 22.7 Å². The number of aryl methyl sites for hydroxylation is 2.